The molecule has 0 heterocycles. The highest BCUT2D eigenvalue weighted by Crippen LogP contribution is 2.10. The van der Waals surface area contributed by atoms with Gasteiger partial charge >= 0.3 is 5.97 Å². The fourth-order valence-electron chi connectivity index (χ4n) is 1.56. The summed E-state index contributed by atoms with van der Waals surface area (Å²) in [5.41, 5.74) is 0.933. The maximum Gasteiger partial charge on any atom is 0.326 e. The van der Waals surface area contributed by atoms with Gasteiger partial charge in [-0.3, -0.25) is 4.79 Å². The zero-order valence-corrected chi connectivity index (χ0v) is 10.1. The summed E-state index contributed by atoms with van der Waals surface area (Å²) in [5.74, 6) is -1.13. The molecule has 0 aliphatic rings. The Bertz CT molecular complexity index is 389. The molecule has 1 unspecified atom stereocenters. The molecule has 0 saturated carbocycles. The first-order valence-electron chi connectivity index (χ1n) is 5.62. The largest absolute Gasteiger partial charge is 0.480 e. The maximum absolute atomic E-state index is 11.7. The standard InChI is InChI=1S/C13H17NO3/c1-3-12(15)14(10(2)13(16)17)9-11-7-5-4-6-8-11/h4-8,10H,3,9H2,1-2H3,(H,16,17). The molecule has 92 valence electrons. The number of carbonyl (C=O) groups is 2. The summed E-state index contributed by atoms with van der Waals surface area (Å²) in [6.07, 6.45) is 0.310. The quantitative estimate of drug-likeness (QED) is 0.848. The first kappa shape index (κ1) is 13.2. The Hall–Kier alpha value is -1.84. The predicted molar refractivity (Wildman–Crippen MR) is 64.4 cm³/mol. The van der Waals surface area contributed by atoms with E-state index in [-0.39, 0.29) is 5.91 Å². The lowest BCUT2D eigenvalue weighted by molar-refractivity contribution is -0.149. The molecule has 1 N–H and O–H groups in total. The molecule has 4 nitrogen and oxygen atoms in total. The Morgan fingerprint density at radius 1 is 1.29 bits per heavy atom. The number of hydrogen-bond acceptors (Lipinski definition) is 2. The second-order valence-corrected chi connectivity index (χ2v) is 3.88. The van der Waals surface area contributed by atoms with Gasteiger partial charge in [-0.2, -0.15) is 0 Å². The van der Waals surface area contributed by atoms with Crippen molar-refractivity contribution in [3.63, 3.8) is 0 Å². The molecule has 1 rings (SSSR count). The molecule has 0 aliphatic carbocycles. The van der Waals surface area contributed by atoms with Gasteiger partial charge in [-0.25, -0.2) is 4.79 Å². The van der Waals surface area contributed by atoms with Crippen LogP contribution in [0, 0.1) is 0 Å². The minimum atomic E-state index is -0.984. The molecule has 1 aromatic carbocycles. The SMILES string of the molecule is CCC(=O)N(Cc1ccccc1)C(C)C(=O)O. The van der Waals surface area contributed by atoms with Gasteiger partial charge in [-0.1, -0.05) is 37.3 Å². The lowest BCUT2D eigenvalue weighted by atomic mass is 10.1. The lowest BCUT2D eigenvalue weighted by Gasteiger charge is -2.26. The Morgan fingerprint density at radius 3 is 2.35 bits per heavy atom. The van der Waals surface area contributed by atoms with Crippen molar-refractivity contribution in [3.8, 4) is 0 Å². The summed E-state index contributed by atoms with van der Waals surface area (Å²) in [6.45, 7) is 3.59. The van der Waals surface area contributed by atoms with Crippen LogP contribution in [-0.4, -0.2) is 27.9 Å². The monoisotopic (exact) mass is 235 g/mol. The molecule has 1 amide bonds. The number of amides is 1. The molecule has 1 aromatic rings. The summed E-state index contributed by atoms with van der Waals surface area (Å²) >= 11 is 0. The number of rotatable bonds is 5. The zero-order valence-electron chi connectivity index (χ0n) is 10.1. The third kappa shape index (κ3) is 3.59. The second-order valence-electron chi connectivity index (χ2n) is 3.88. The third-order valence-corrected chi connectivity index (χ3v) is 2.64. The van der Waals surface area contributed by atoms with Gasteiger partial charge in [0.1, 0.15) is 6.04 Å². The average molecular weight is 235 g/mol. The van der Waals surface area contributed by atoms with Crippen molar-refractivity contribution in [2.75, 3.05) is 0 Å². The van der Waals surface area contributed by atoms with Gasteiger partial charge in [0.2, 0.25) is 5.91 Å². The molecular weight excluding hydrogens is 218 g/mol. The minimum absolute atomic E-state index is 0.149. The van der Waals surface area contributed by atoms with Crippen LogP contribution >= 0.6 is 0 Å². The highest BCUT2D eigenvalue weighted by atomic mass is 16.4. The fourth-order valence-corrected chi connectivity index (χ4v) is 1.56. The lowest BCUT2D eigenvalue weighted by Crippen LogP contribution is -2.42. The highest BCUT2D eigenvalue weighted by molar-refractivity contribution is 5.83. The van der Waals surface area contributed by atoms with E-state index in [4.69, 9.17) is 5.11 Å². The van der Waals surface area contributed by atoms with Gasteiger partial charge in [0.25, 0.3) is 0 Å². The van der Waals surface area contributed by atoms with Crippen LogP contribution in [0.5, 0.6) is 0 Å². The van der Waals surface area contributed by atoms with E-state index in [2.05, 4.69) is 0 Å². The van der Waals surface area contributed by atoms with Crippen LogP contribution in [0.25, 0.3) is 0 Å². The Morgan fingerprint density at radius 2 is 1.88 bits per heavy atom. The molecule has 1 atom stereocenters. The Labute approximate surface area is 101 Å². The van der Waals surface area contributed by atoms with E-state index in [0.29, 0.717) is 13.0 Å². The van der Waals surface area contributed by atoms with E-state index in [0.717, 1.165) is 5.56 Å². The molecule has 0 fully saturated rings. The second kappa shape index (κ2) is 6.03. The summed E-state index contributed by atoms with van der Waals surface area (Å²) in [5, 5.41) is 8.98. The predicted octanol–water partition coefficient (Wildman–Crippen LogP) is 1.90. The first-order valence-corrected chi connectivity index (χ1v) is 5.62. The fraction of sp³-hybridized carbons (Fsp3) is 0.385. The Kier molecular flexibility index (Phi) is 4.69. The number of carbonyl (C=O) groups excluding carboxylic acids is 1. The van der Waals surface area contributed by atoms with E-state index in [1.807, 2.05) is 30.3 Å². The van der Waals surface area contributed by atoms with Crippen molar-refractivity contribution in [1.29, 1.82) is 0 Å². The van der Waals surface area contributed by atoms with E-state index in [1.54, 1.807) is 6.92 Å². The topological polar surface area (TPSA) is 57.6 Å². The molecule has 0 saturated heterocycles. The van der Waals surface area contributed by atoms with Crippen LogP contribution in [-0.2, 0) is 16.1 Å². The minimum Gasteiger partial charge on any atom is -0.480 e. The Balaban J connectivity index is 2.85. The van der Waals surface area contributed by atoms with Crippen LogP contribution in [0.2, 0.25) is 0 Å². The van der Waals surface area contributed by atoms with Gasteiger partial charge in [0.15, 0.2) is 0 Å². The van der Waals surface area contributed by atoms with Crippen LogP contribution in [0.4, 0.5) is 0 Å². The third-order valence-electron chi connectivity index (χ3n) is 2.64. The molecule has 17 heavy (non-hydrogen) atoms. The zero-order chi connectivity index (χ0) is 12.8. The molecule has 0 bridgehead atoms. The van der Waals surface area contributed by atoms with Crippen molar-refractivity contribution < 1.29 is 14.7 Å². The van der Waals surface area contributed by atoms with E-state index >= 15 is 0 Å². The molecule has 4 heteroatoms. The van der Waals surface area contributed by atoms with E-state index in [9.17, 15) is 9.59 Å². The van der Waals surface area contributed by atoms with Gasteiger partial charge in [-0.05, 0) is 12.5 Å². The van der Waals surface area contributed by atoms with Crippen LogP contribution in [0.15, 0.2) is 30.3 Å². The number of benzene rings is 1. The number of hydrogen-bond donors (Lipinski definition) is 1. The van der Waals surface area contributed by atoms with Crippen molar-refractivity contribution in [3.05, 3.63) is 35.9 Å². The summed E-state index contributed by atoms with van der Waals surface area (Å²) in [4.78, 5) is 24.1. The molecule has 0 radical (unpaired) electrons. The van der Waals surface area contributed by atoms with Crippen molar-refractivity contribution in [2.24, 2.45) is 0 Å². The molecule has 0 aromatic heterocycles. The summed E-state index contributed by atoms with van der Waals surface area (Å²) < 4.78 is 0. The smallest absolute Gasteiger partial charge is 0.326 e. The number of carboxylic acid groups (broad SMARTS) is 1. The number of aliphatic carboxylic acids is 1. The van der Waals surface area contributed by atoms with E-state index in [1.165, 1.54) is 11.8 Å². The summed E-state index contributed by atoms with van der Waals surface area (Å²) in [6, 6.07) is 8.58. The van der Waals surface area contributed by atoms with Crippen LogP contribution < -0.4 is 0 Å². The van der Waals surface area contributed by atoms with Crippen LogP contribution in [0.1, 0.15) is 25.8 Å². The summed E-state index contributed by atoms with van der Waals surface area (Å²) in [7, 11) is 0. The first-order chi connectivity index (χ1) is 8.06. The highest BCUT2D eigenvalue weighted by Gasteiger charge is 2.24. The average Bonchev–Trinajstić information content (AvgIpc) is 2.35. The van der Waals surface area contributed by atoms with Gasteiger partial charge in [0.05, 0.1) is 0 Å². The van der Waals surface area contributed by atoms with Gasteiger partial charge < -0.3 is 10.0 Å². The van der Waals surface area contributed by atoms with Crippen LogP contribution in [0.3, 0.4) is 0 Å². The molecule has 0 aliphatic heterocycles. The molecule has 0 spiro atoms. The van der Waals surface area contributed by atoms with Crippen molar-refractivity contribution in [2.45, 2.75) is 32.9 Å². The number of nitrogens with zero attached hydrogens (tertiary/aromatic N) is 1. The number of carboxylic acids is 1. The maximum atomic E-state index is 11.7. The normalized spacial score (nSPS) is 11.9. The molecular formula is C13H17NO3. The van der Waals surface area contributed by atoms with Crippen molar-refractivity contribution >= 4 is 11.9 Å². The van der Waals surface area contributed by atoms with Gasteiger partial charge in [-0.15, -0.1) is 0 Å². The van der Waals surface area contributed by atoms with Crippen molar-refractivity contribution in [1.82, 2.24) is 4.90 Å². The van der Waals surface area contributed by atoms with E-state index < -0.39 is 12.0 Å². The van der Waals surface area contributed by atoms with Gasteiger partial charge in [0, 0.05) is 13.0 Å².